The van der Waals surface area contributed by atoms with Crippen LogP contribution in [0, 0.1) is 0 Å². The maximum atomic E-state index is 12.8. The SMILES string of the molecule is O=C(NC[C@@H](c1cccs1)N1CCCC1)c1cc(=O)[nH]c2ccccc12. The van der Waals surface area contributed by atoms with Crippen LogP contribution in [0.15, 0.2) is 52.6 Å². The Hall–Kier alpha value is -2.44. The number of amides is 1. The summed E-state index contributed by atoms with van der Waals surface area (Å²) in [6.45, 7) is 2.67. The molecule has 6 heteroatoms. The van der Waals surface area contributed by atoms with Crippen LogP contribution >= 0.6 is 11.3 Å². The number of aromatic nitrogens is 1. The van der Waals surface area contributed by atoms with Crippen molar-refractivity contribution in [1.82, 2.24) is 15.2 Å². The van der Waals surface area contributed by atoms with Gasteiger partial charge in [-0.1, -0.05) is 24.3 Å². The first kappa shape index (κ1) is 17.0. The molecule has 1 aliphatic heterocycles. The second-order valence-electron chi connectivity index (χ2n) is 6.58. The third-order valence-electron chi connectivity index (χ3n) is 4.90. The molecule has 1 saturated heterocycles. The molecule has 1 aromatic carbocycles. The van der Waals surface area contributed by atoms with Crippen LogP contribution in [0.4, 0.5) is 0 Å². The van der Waals surface area contributed by atoms with E-state index >= 15 is 0 Å². The minimum absolute atomic E-state index is 0.190. The highest BCUT2D eigenvalue weighted by Gasteiger charge is 2.25. The molecular weight excluding hydrogens is 346 g/mol. The second-order valence-corrected chi connectivity index (χ2v) is 7.56. The van der Waals surface area contributed by atoms with E-state index in [2.05, 4.69) is 32.7 Å². The minimum Gasteiger partial charge on any atom is -0.350 e. The van der Waals surface area contributed by atoms with Gasteiger partial charge in [-0.05, 0) is 43.4 Å². The van der Waals surface area contributed by atoms with E-state index in [0.29, 0.717) is 17.6 Å². The molecule has 2 N–H and O–H groups in total. The van der Waals surface area contributed by atoms with E-state index in [1.807, 2.05) is 24.3 Å². The average molecular weight is 367 g/mol. The van der Waals surface area contributed by atoms with E-state index in [-0.39, 0.29) is 17.5 Å². The summed E-state index contributed by atoms with van der Waals surface area (Å²) in [4.78, 5) is 31.2. The van der Waals surface area contributed by atoms with Gasteiger partial charge in [-0.2, -0.15) is 0 Å². The molecular formula is C20H21N3O2S. The molecule has 0 spiro atoms. The van der Waals surface area contributed by atoms with Crippen molar-refractivity contribution in [3.05, 3.63) is 68.6 Å². The first-order chi connectivity index (χ1) is 12.7. The van der Waals surface area contributed by atoms with Crippen molar-refractivity contribution in [2.24, 2.45) is 0 Å². The highest BCUT2D eigenvalue weighted by atomic mass is 32.1. The smallest absolute Gasteiger partial charge is 0.252 e. The topological polar surface area (TPSA) is 65.2 Å². The number of para-hydroxylation sites is 1. The molecule has 1 atom stereocenters. The number of likely N-dealkylation sites (tertiary alicyclic amines) is 1. The number of fused-ring (bicyclic) bond motifs is 1. The Balaban J connectivity index is 1.57. The van der Waals surface area contributed by atoms with E-state index in [1.165, 1.54) is 23.8 Å². The molecule has 1 fully saturated rings. The predicted molar refractivity (Wildman–Crippen MR) is 105 cm³/mol. The third-order valence-corrected chi connectivity index (χ3v) is 5.88. The Morgan fingerprint density at radius 1 is 1.19 bits per heavy atom. The van der Waals surface area contributed by atoms with Crippen LogP contribution in [-0.2, 0) is 0 Å². The van der Waals surface area contributed by atoms with Gasteiger partial charge in [0.1, 0.15) is 0 Å². The maximum Gasteiger partial charge on any atom is 0.252 e. The van der Waals surface area contributed by atoms with Crippen molar-refractivity contribution in [1.29, 1.82) is 0 Å². The van der Waals surface area contributed by atoms with Crippen molar-refractivity contribution in [2.45, 2.75) is 18.9 Å². The fourth-order valence-electron chi connectivity index (χ4n) is 3.62. The molecule has 4 rings (SSSR count). The molecule has 0 radical (unpaired) electrons. The number of hydrogen-bond acceptors (Lipinski definition) is 4. The lowest BCUT2D eigenvalue weighted by molar-refractivity contribution is 0.0940. The Morgan fingerprint density at radius 3 is 2.77 bits per heavy atom. The number of pyridine rings is 1. The van der Waals surface area contributed by atoms with Gasteiger partial charge in [0, 0.05) is 28.4 Å². The van der Waals surface area contributed by atoms with Gasteiger partial charge < -0.3 is 10.3 Å². The number of rotatable bonds is 5. The quantitative estimate of drug-likeness (QED) is 0.728. The third kappa shape index (κ3) is 3.43. The summed E-state index contributed by atoms with van der Waals surface area (Å²) in [6.07, 6.45) is 2.41. The zero-order chi connectivity index (χ0) is 17.9. The predicted octanol–water partition coefficient (Wildman–Crippen LogP) is 3.16. The van der Waals surface area contributed by atoms with Gasteiger partial charge in [0.25, 0.3) is 5.91 Å². The molecule has 26 heavy (non-hydrogen) atoms. The summed E-state index contributed by atoms with van der Waals surface area (Å²) in [6, 6.07) is 13.1. The van der Waals surface area contributed by atoms with E-state index < -0.39 is 0 Å². The van der Waals surface area contributed by atoms with Crippen molar-refractivity contribution in [3.63, 3.8) is 0 Å². The van der Waals surface area contributed by atoms with Gasteiger partial charge in [-0.3, -0.25) is 14.5 Å². The molecule has 0 aliphatic carbocycles. The summed E-state index contributed by atoms with van der Waals surface area (Å²) in [5.41, 5.74) is 0.846. The van der Waals surface area contributed by atoms with Gasteiger partial charge in [-0.15, -0.1) is 11.3 Å². The zero-order valence-corrected chi connectivity index (χ0v) is 15.2. The number of benzene rings is 1. The molecule has 1 aliphatic rings. The van der Waals surface area contributed by atoms with Gasteiger partial charge in [0.05, 0.1) is 11.6 Å². The van der Waals surface area contributed by atoms with Crippen molar-refractivity contribution >= 4 is 28.1 Å². The molecule has 134 valence electrons. The Morgan fingerprint density at radius 2 is 2.00 bits per heavy atom. The largest absolute Gasteiger partial charge is 0.350 e. The van der Waals surface area contributed by atoms with Crippen molar-refractivity contribution < 1.29 is 4.79 Å². The maximum absolute atomic E-state index is 12.8. The monoisotopic (exact) mass is 367 g/mol. The van der Waals surface area contributed by atoms with Crippen LogP contribution in [-0.4, -0.2) is 35.4 Å². The van der Waals surface area contributed by atoms with Crippen LogP contribution in [0.2, 0.25) is 0 Å². The number of nitrogens with one attached hydrogen (secondary N) is 2. The second kappa shape index (κ2) is 7.43. The Labute approximate surface area is 155 Å². The molecule has 3 aromatic rings. The van der Waals surface area contributed by atoms with E-state index in [4.69, 9.17) is 0 Å². The fraction of sp³-hybridized carbons (Fsp3) is 0.300. The van der Waals surface area contributed by atoms with Crippen LogP contribution < -0.4 is 10.9 Å². The lowest BCUT2D eigenvalue weighted by atomic mass is 10.1. The molecule has 0 saturated carbocycles. The molecule has 5 nitrogen and oxygen atoms in total. The van der Waals surface area contributed by atoms with E-state index in [9.17, 15) is 9.59 Å². The summed E-state index contributed by atoms with van der Waals surface area (Å²) >= 11 is 1.72. The molecule has 3 heterocycles. The average Bonchev–Trinajstić information content (AvgIpc) is 3.35. The van der Waals surface area contributed by atoms with Crippen LogP contribution in [0.3, 0.4) is 0 Å². The minimum atomic E-state index is -0.261. The van der Waals surface area contributed by atoms with E-state index in [1.54, 1.807) is 11.3 Å². The van der Waals surface area contributed by atoms with Crippen LogP contribution in [0.25, 0.3) is 10.9 Å². The molecule has 0 unspecified atom stereocenters. The number of nitrogens with zero attached hydrogens (tertiary/aromatic N) is 1. The number of carbonyl (C=O) groups excluding carboxylic acids is 1. The summed E-state index contributed by atoms with van der Waals surface area (Å²) < 4.78 is 0. The Bertz CT molecular complexity index is 959. The molecule has 2 aromatic heterocycles. The van der Waals surface area contributed by atoms with Gasteiger partial charge in [0.15, 0.2) is 0 Å². The first-order valence-corrected chi connectivity index (χ1v) is 9.78. The van der Waals surface area contributed by atoms with Gasteiger partial charge >= 0.3 is 0 Å². The summed E-state index contributed by atoms with van der Waals surface area (Å²) in [5, 5.41) is 5.89. The van der Waals surface area contributed by atoms with Crippen LogP contribution in [0.5, 0.6) is 0 Å². The highest BCUT2D eigenvalue weighted by molar-refractivity contribution is 7.10. The number of thiophene rings is 1. The fourth-order valence-corrected chi connectivity index (χ4v) is 4.48. The molecule has 1 amide bonds. The first-order valence-electron chi connectivity index (χ1n) is 8.90. The highest BCUT2D eigenvalue weighted by Crippen LogP contribution is 2.28. The number of hydrogen-bond donors (Lipinski definition) is 2. The van der Waals surface area contributed by atoms with Crippen LogP contribution in [0.1, 0.15) is 34.1 Å². The summed E-state index contributed by atoms with van der Waals surface area (Å²) in [5.74, 6) is -0.201. The van der Waals surface area contributed by atoms with E-state index in [0.717, 1.165) is 18.5 Å². The zero-order valence-electron chi connectivity index (χ0n) is 14.4. The standard InChI is InChI=1S/C20H21N3O2S/c24-19-12-15(14-6-1-2-7-16(14)22-19)20(25)21-13-17(18-8-5-11-26-18)23-9-3-4-10-23/h1-2,5-8,11-12,17H,3-4,9-10,13H2,(H,21,25)(H,22,24)/t17-/m0/s1. The summed E-state index contributed by atoms with van der Waals surface area (Å²) in [7, 11) is 0. The number of aromatic amines is 1. The Kier molecular flexibility index (Phi) is 4.86. The van der Waals surface area contributed by atoms with Gasteiger partial charge in [0.2, 0.25) is 5.56 Å². The van der Waals surface area contributed by atoms with Crippen molar-refractivity contribution in [3.8, 4) is 0 Å². The molecule has 0 bridgehead atoms. The van der Waals surface area contributed by atoms with Gasteiger partial charge in [-0.25, -0.2) is 0 Å². The lowest BCUT2D eigenvalue weighted by Gasteiger charge is -2.27. The normalized spacial score (nSPS) is 16.0. The number of carbonyl (C=O) groups is 1. The number of H-pyrrole nitrogens is 1. The van der Waals surface area contributed by atoms with Crippen molar-refractivity contribution in [2.75, 3.05) is 19.6 Å². The lowest BCUT2D eigenvalue weighted by Crippen LogP contribution is -2.36.